The van der Waals surface area contributed by atoms with Gasteiger partial charge in [0.05, 0.1) is 12.1 Å². The fourth-order valence-corrected chi connectivity index (χ4v) is 5.13. The van der Waals surface area contributed by atoms with Crippen LogP contribution in [0, 0.1) is 11.3 Å². The number of nitrogens with two attached hydrogens (primary N) is 2. The number of primary amides is 1. The van der Waals surface area contributed by atoms with Crippen LogP contribution in [0.25, 0.3) is 0 Å². The molecule has 2 saturated heterocycles. The molecule has 3 atom stereocenters. The van der Waals surface area contributed by atoms with E-state index in [0.717, 1.165) is 32.1 Å². The van der Waals surface area contributed by atoms with Crippen molar-refractivity contribution in [2.75, 3.05) is 19.6 Å². The number of aliphatic carboxylic acids is 2. The number of hydrogen-bond donors (Lipinski definition) is 5. The lowest BCUT2D eigenvalue weighted by Gasteiger charge is -2.42. The number of hydrogen-bond acceptors (Lipinski definition) is 7. The average Bonchev–Trinajstić information content (AvgIpc) is 3.45. The fourth-order valence-electron chi connectivity index (χ4n) is 5.13. The normalized spacial score (nSPS) is 25.8. The minimum absolute atomic E-state index is 0.0126. The number of nitrogens with zero attached hydrogens (tertiary/aromatic N) is 3. The number of amides is 2. The van der Waals surface area contributed by atoms with Gasteiger partial charge in [0.15, 0.2) is 0 Å². The second-order valence-corrected chi connectivity index (χ2v) is 9.21. The molecular formula is C23H32N6O6. The molecule has 7 N–H and O–H groups in total. The number of aromatic nitrogens is 1. The molecule has 1 aliphatic carbocycles. The predicted molar refractivity (Wildman–Crippen MR) is 125 cm³/mol. The van der Waals surface area contributed by atoms with Gasteiger partial charge in [0.1, 0.15) is 23.1 Å². The molecule has 190 valence electrons. The Morgan fingerprint density at radius 1 is 1.09 bits per heavy atom. The number of carboxylic acid groups (broad SMARTS) is 2. The SMILES string of the molecule is N=C(N)c1ccc(C(N)=O)cn1.O=C(O)C1CN1CC(=O)N1CCC[C@]1(C(=O)O)C1CCCCC1. The van der Waals surface area contributed by atoms with Crippen LogP contribution in [0.2, 0.25) is 0 Å². The molecule has 3 aliphatic rings. The van der Waals surface area contributed by atoms with Crippen molar-refractivity contribution in [3.63, 3.8) is 0 Å². The first-order valence-electron chi connectivity index (χ1n) is 11.7. The number of nitrogens with one attached hydrogen (secondary N) is 1. The first kappa shape index (κ1) is 26.1. The molecular weight excluding hydrogens is 456 g/mol. The minimum Gasteiger partial charge on any atom is -0.480 e. The molecule has 4 rings (SSSR count). The zero-order valence-electron chi connectivity index (χ0n) is 19.5. The van der Waals surface area contributed by atoms with Crippen molar-refractivity contribution in [1.82, 2.24) is 14.8 Å². The second-order valence-electron chi connectivity index (χ2n) is 9.21. The van der Waals surface area contributed by atoms with Gasteiger partial charge in [-0.3, -0.25) is 29.7 Å². The van der Waals surface area contributed by atoms with Gasteiger partial charge in [0.25, 0.3) is 0 Å². The molecule has 12 nitrogen and oxygen atoms in total. The largest absolute Gasteiger partial charge is 0.480 e. The monoisotopic (exact) mass is 488 g/mol. The Kier molecular flexibility index (Phi) is 8.05. The molecule has 2 unspecified atom stereocenters. The lowest BCUT2D eigenvalue weighted by atomic mass is 9.73. The summed E-state index contributed by atoms with van der Waals surface area (Å²) >= 11 is 0. The Labute approximate surface area is 202 Å². The minimum atomic E-state index is -1.08. The molecule has 0 spiro atoms. The zero-order valence-corrected chi connectivity index (χ0v) is 19.5. The first-order chi connectivity index (χ1) is 16.6. The van der Waals surface area contributed by atoms with Crippen LogP contribution in [0.5, 0.6) is 0 Å². The molecule has 1 aromatic rings. The van der Waals surface area contributed by atoms with Crippen molar-refractivity contribution in [1.29, 1.82) is 5.41 Å². The van der Waals surface area contributed by atoms with Gasteiger partial charge in [-0.2, -0.15) is 0 Å². The summed E-state index contributed by atoms with van der Waals surface area (Å²) in [5, 5.41) is 25.9. The zero-order chi connectivity index (χ0) is 25.8. The van der Waals surface area contributed by atoms with Crippen LogP contribution in [0.1, 0.15) is 61.0 Å². The molecule has 0 bridgehead atoms. The molecule has 12 heteroatoms. The Morgan fingerprint density at radius 3 is 2.26 bits per heavy atom. The summed E-state index contributed by atoms with van der Waals surface area (Å²) in [6, 6.07) is 2.37. The van der Waals surface area contributed by atoms with Crippen molar-refractivity contribution in [2.45, 2.75) is 56.5 Å². The summed E-state index contributed by atoms with van der Waals surface area (Å²) in [5.74, 6) is -2.71. The van der Waals surface area contributed by atoms with Crippen LogP contribution >= 0.6 is 0 Å². The molecule has 3 heterocycles. The number of nitrogen functional groups attached to an aromatic ring is 1. The van der Waals surface area contributed by atoms with Crippen molar-refractivity contribution >= 4 is 29.6 Å². The third-order valence-electron chi connectivity index (χ3n) is 7.04. The van der Waals surface area contributed by atoms with Gasteiger partial charge in [-0.05, 0) is 43.7 Å². The van der Waals surface area contributed by atoms with E-state index in [1.807, 2.05) is 0 Å². The molecule has 3 fully saturated rings. The van der Waals surface area contributed by atoms with E-state index >= 15 is 0 Å². The summed E-state index contributed by atoms with van der Waals surface area (Å²) < 4.78 is 0. The van der Waals surface area contributed by atoms with E-state index in [-0.39, 0.29) is 24.2 Å². The van der Waals surface area contributed by atoms with Crippen molar-refractivity contribution < 1.29 is 29.4 Å². The molecule has 0 aromatic carbocycles. The van der Waals surface area contributed by atoms with E-state index in [2.05, 4.69) is 4.98 Å². The molecule has 2 aliphatic heterocycles. The van der Waals surface area contributed by atoms with Gasteiger partial charge in [0, 0.05) is 19.3 Å². The van der Waals surface area contributed by atoms with Crippen LogP contribution in [0.4, 0.5) is 0 Å². The summed E-state index contributed by atoms with van der Waals surface area (Å²) in [4.78, 5) is 53.1. The van der Waals surface area contributed by atoms with Gasteiger partial charge in [-0.1, -0.05) is 19.3 Å². The summed E-state index contributed by atoms with van der Waals surface area (Å²) in [6.07, 6.45) is 7.41. The lowest BCUT2D eigenvalue weighted by molar-refractivity contribution is -0.161. The van der Waals surface area contributed by atoms with Crippen LogP contribution in [0.3, 0.4) is 0 Å². The van der Waals surface area contributed by atoms with Crippen molar-refractivity contribution in [2.24, 2.45) is 17.4 Å². The maximum Gasteiger partial charge on any atom is 0.329 e. The summed E-state index contributed by atoms with van der Waals surface area (Å²) in [7, 11) is 0. The molecule has 2 amide bonds. The maximum absolute atomic E-state index is 12.7. The van der Waals surface area contributed by atoms with E-state index in [4.69, 9.17) is 22.0 Å². The number of pyridine rings is 1. The molecule has 1 saturated carbocycles. The van der Waals surface area contributed by atoms with E-state index in [1.165, 1.54) is 18.3 Å². The Balaban J connectivity index is 0.000000241. The van der Waals surface area contributed by atoms with Crippen LogP contribution in [-0.2, 0) is 14.4 Å². The van der Waals surface area contributed by atoms with Gasteiger partial charge in [-0.25, -0.2) is 4.79 Å². The average molecular weight is 489 g/mol. The lowest BCUT2D eigenvalue weighted by Crippen LogP contribution is -2.59. The smallest absolute Gasteiger partial charge is 0.329 e. The standard InChI is InChI=1S/C16H24N2O5.C7H8N4O/c19-13(10-17-9-12(17)14(20)21)18-8-4-7-16(18,15(22)23)11-5-2-1-3-6-11;8-6(9)5-2-1-4(3-11-5)7(10)12/h11-12H,1-10H2,(H,20,21)(H,22,23);1-3H,(H3,8,9)(H2,10,12)/t12?,16-,17?;/m1./s1. The van der Waals surface area contributed by atoms with Crippen molar-refractivity contribution in [3.05, 3.63) is 29.6 Å². The third kappa shape index (κ3) is 5.76. The third-order valence-corrected chi connectivity index (χ3v) is 7.04. The number of carbonyl (C=O) groups is 4. The first-order valence-corrected chi connectivity index (χ1v) is 11.7. The number of amidine groups is 1. The highest BCUT2D eigenvalue weighted by Crippen LogP contribution is 2.43. The predicted octanol–water partition coefficient (Wildman–Crippen LogP) is 0.246. The molecule has 1 aromatic heterocycles. The Hall–Kier alpha value is -3.54. The summed E-state index contributed by atoms with van der Waals surface area (Å²) in [6.45, 7) is 0.852. The second kappa shape index (κ2) is 10.8. The van der Waals surface area contributed by atoms with Gasteiger partial charge in [0.2, 0.25) is 11.8 Å². The number of likely N-dealkylation sites (tertiary alicyclic amines) is 1. The number of carbonyl (C=O) groups excluding carboxylic acids is 2. The van der Waals surface area contributed by atoms with Crippen LogP contribution in [-0.4, -0.2) is 85.8 Å². The van der Waals surface area contributed by atoms with Gasteiger partial charge < -0.3 is 26.6 Å². The Morgan fingerprint density at radius 2 is 1.77 bits per heavy atom. The van der Waals surface area contributed by atoms with Crippen LogP contribution in [0.15, 0.2) is 18.3 Å². The van der Waals surface area contributed by atoms with E-state index in [9.17, 15) is 24.3 Å². The molecule has 35 heavy (non-hydrogen) atoms. The van der Waals surface area contributed by atoms with E-state index in [0.29, 0.717) is 37.2 Å². The number of carboxylic acids is 2. The van der Waals surface area contributed by atoms with Gasteiger partial charge >= 0.3 is 11.9 Å². The van der Waals surface area contributed by atoms with Crippen molar-refractivity contribution in [3.8, 4) is 0 Å². The quantitative estimate of drug-likeness (QED) is 0.202. The summed E-state index contributed by atoms with van der Waals surface area (Å²) in [5.41, 5.74) is 9.68. The van der Waals surface area contributed by atoms with E-state index < -0.39 is 29.4 Å². The number of rotatable bonds is 7. The highest BCUT2D eigenvalue weighted by molar-refractivity contribution is 5.95. The van der Waals surface area contributed by atoms with Crippen LogP contribution < -0.4 is 11.5 Å². The molecule has 0 radical (unpaired) electrons. The fraction of sp³-hybridized carbons (Fsp3) is 0.565. The maximum atomic E-state index is 12.7. The highest BCUT2D eigenvalue weighted by Gasteiger charge is 2.55. The highest BCUT2D eigenvalue weighted by atomic mass is 16.4. The van der Waals surface area contributed by atoms with E-state index in [1.54, 1.807) is 9.80 Å². The topological polar surface area (TPSA) is 204 Å². The van der Waals surface area contributed by atoms with Gasteiger partial charge in [-0.15, -0.1) is 0 Å². The Bertz CT molecular complexity index is 960.